The van der Waals surface area contributed by atoms with E-state index in [1.54, 1.807) is 0 Å². The molecule has 0 saturated carbocycles. The van der Waals surface area contributed by atoms with Gasteiger partial charge < -0.3 is 0 Å². The minimum Gasteiger partial charge on any atom is -0.183 e. The first-order valence-corrected chi connectivity index (χ1v) is 8.31. The Morgan fingerprint density at radius 1 is 0.826 bits per heavy atom. The fraction of sp³-hybridized carbons (Fsp3) is 0.455. The fourth-order valence-electron chi connectivity index (χ4n) is 3.44. The molecule has 0 aliphatic rings. The van der Waals surface area contributed by atoms with Crippen LogP contribution in [0.5, 0.6) is 0 Å². The van der Waals surface area contributed by atoms with E-state index in [-0.39, 0.29) is 41.3 Å². The maximum Gasteiger partial charge on any atom is 0 e. The summed E-state index contributed by atoms with van der Waals surface area (Å²) in [5, 5.41) is 0. The van der Waals surface area contributed by atoms with Crippen LogP contribution in [0.1, 0.15) is 65.6 Å². The van der Waals surface area contributed by atoms with Crippen LogP contribution in [0.3, 0.4) is 0 Å². The number of hydrogen-bond donors (Lipinski definition) is 0. The summed E-state index contributed by atoms with van der Waals surface area (Å²) < 4.78 is 0. The van der Waals surface area contributed by atoms with E-state index in [0.717, 1.165) is 6.42 Å². The molecule has 0 N–H and O–H groups in total. The van der Waals surface area contributed by atoms with Crippen molar-refractivity contribution in [1.29, 1.82) is 0 Å². The SMILES string of the molecule is CCc1c(C)c[c-]cc1C.Cc1cc(C)c(C(C)C)c(C)c1.[Pr]. The molecule has 0 aliphatic carbocycles. The van der Waals surface area contributed by atoms with Crippen molar-refractivity contribution in [3.8, 4) is 0 Å². The Labute approximate surface area is 177 Å². The molecule has 1 radical (unpaired) electrons. The second-order valence-electron chi connectivity index (χ2n) is 6.62. The molecule has 0 aliphatic heterocycles. The number of rotatable bonds is 2. The second kappa shape index (κ2) is 10.6. The van der Waals surface area contributed by atoms with Gasteiger partial charge in [-0.15, -0.1) is 0 Å². The molecule has 0 amide bonds. The molecule has 2 aromatic carbocycles. The minimum atomic E-state index is 0. The Morgan fingerprint density at radius 2 is 1.26 bits per heavy atom. The summed E-state index contributed by atoms with van der Waals surface area (Å²) in [5.74, 6) is 0.644. The molecule has 0 unspecified atom stereocenters. The largest absolute Gasteiger partial charge is 0.183 e. The van der Waals surface area contributed by atoms with Gasteiger partial charge in [0.25, 0.3) is 0 Å². The maximum atomic E-state index is 3.10. The molecule has 2 aromatic rings. The van der Waals surface area contributed by atoms with Crippen LogP contribution in [0.4, 0.5) is 0 Å². The first-order chi connectivity index (χ1) is 10.3. The molecule has 123 valence electrons. The van der Waals surface area contributed by atoms with Crippen LogP contribution in [-0.4, -0.2) is 0 Å². The Balaban J connectivity index is 0.000000409. The van der Waals surface area contributed by atoms with Gasteiger partial charge in [-0.2, -0.15) is 34.9 Å². The van der Waals surface area contributed by atoms with Crippen LogP contribution in [0.25, 0.3) is 0 Å². The van der Waals surface area contributed by atoms with E-state index in [1.807, 2.05) is 12.1 Å². The van der Waals surface area contributed by atoms with Crippen LogP contribution in [0.2, 0.25) is 0 Å². The fourth-order valence-corrected chi connectivity index (χ4v) is 3.44. The molecule has 0 nitrogen and oxygen atoms in total. The van der Waals surface area contributed by atoms with Crippen molar-refractivity contribution < 1.29 is 41.3 Å². The van der Waals surface area contributed by atoms with Gasteiger partial charge in [0.15, 0.2) is 0 Å². The summed E-state index contributed by atoms with van der Waals surface area (Å²) in [5.41, 5.74) is 9.95. The van der Waals surface area contributed by atoms with Gasteiger partial charge in [-0.05, 0) is 43.4 Å². The van der Waals surface area contributed by atoms with Gasteiger partial charge in [-0.1, -0.05) is 58.7 Å². The molecule has 0 spiro atoms. The zero-order chi connectivity index (χ0) is 16.9. The van der Waals surface area contributed by atoms with Gasteiger partial charge in [-0.25, -0.2) is 0 Å². The Morgan fingerprint density at radius 3 is 1.57 bits per heavy atom. The molecule has 1 heteroatoms. The van der Waals surface area contributed by atoms with Gasteiger partial charge >= 0.3 is 0 Å². The summed E-state index contributed by atoms with van der Waals surface area (Å²) >= 11 is 0. The average Bonchev–Trinajstić information content (AvgIpc) is 2.37. The third-order valence-corrected chi connectivity index (χ3v) is 4.22. The van der Waals surface area contributed by atoms with E-state index in [4.69, 9.17) is 0 Å². The Bertz CT molecular complexity index is 581. The predicted molar refractivity (Wildman–Crippen MR) is 98.9 cm³/mol. The Kier molecular flexibility index (Phi) is 10.5. The minimum absolute atomic E-state index is 0. The van der Waals surface area contributed by atoms with Crippen molar-refractivity contribution in [1.82, 2.24) is 0 Å². The molecule has 0 atom stereocenters. The topological polar surface area (TPSA) is 0 Å². The first kappa shape index (κ1) is 22.8. The van der Waals surface area contributed by atoms with Gasteiger partial charge in [-0.3, -0.25) is 0 Å². The first-order valence-electron chi connectivity index (χ1n) is 8.31. The van der Waals surface area contributed by atoms with Crippen LogP contribution in [-0.2, 0) is 6.42 Å². The summed E-state index contributed by atoms with van der Waals surface area (Å²) in [6.07, 6.45) is 1.13. The van der Waals surface area contributed by atoms with Gasteiger partial charge in [0.2, 0.25) is 0 Å². The molecule has 23 heavy (non-hydrogen) atoms. The molecule has 0 bridgehead atoms. The predicted octanol–water partition coefficient (Wildman–Crippen LogP) is 6.40. The van der Waals surface area contributed by atoms with Crippen molar-refractivity contribution in [2.24, 2.45) is 0 Å². The summed E-state index contributed by atoms with van der Waals surface area (Å²) in [4.78, 5) is 0. The quantitative estimate of drug-likeness (QED) is 0.478. The maximum absolute atomic E-state index is 3.10. The molecule has 0 saturated heterocycles. The van der Waals surface area contributed by atoms with Gasteiger partial charge in [0, 0.05) is 41.3 Å². The van der Waals surface area contributed by atoms with Gasteiger partial charge in [0.1, 0.15) is 0 Å². The van der Waals surface area contributed by atoms with Crippen molar-refractivity contribution in [3.63, 3.8) is 0 Å². The van der Waals surface area contributed by atoms with Crippen LogP contribution >= 0.6 is 0 Å². The second-order valence-corrected chi connectivity index (χ2v) is 6.62. The summed E-state index contributed by atoms with van der Waals surface area (Å²) in [6.45, 7) is 17.5. The van der Waals surface area contributed by atoms with E-state index in [2.05, 4.69) is 73.6 Å². The van der Waals surface area contributed by atoms with Crippen molar-refractivity contribution >= 4 is 0 Å². The standard InChI is InChI=1S/C12H18.C10H13.Pr/c1-8(2)12-10(4)6-9(3)7-11(12)5;1-4-10-8(2)6-5-7-9(10)3;/h6-8H,1-5H3;6-7H,4H2,1-3H3;/q;-1;. The van der Waals surface area contributed by atoms with Crippen LogP contribution < -0.4 is 0 Å². The molecule has 0 aromatic heterocycles. The van der Waals surface area contributed by atoms with Crippen LogP contribution in [0.15, 0.2) is 24.3 Å². The smallest absolute Gasteiger partial charge is 0 e. The number of hydrogen-bond acceptors (Lipinski definition) is 0. The van der Waals surface area contributed by atoms with Gasteiger partial charge in [0.05, 0.1) is 0 Å². The zero-order valence-electron chi connectivity index (χ0n) is 16.2. The Hall–Kier alpha value is -0.196. The third-order valence-electron chi connectivity index (χ3n) is 4.22. The monoisotopic (exact) mass is 436 g/mol. The molecule has 0 fully saturated rings. The average molecular weight is 436 g/mol. The number of benzene rings is 2. The van der Waals surface area contributed by atoms with Crippen molar-refractivity contribution in [2.45, 2.75) is 67.7 Å². The normalized spacial score (nSPS) is 9.96. The van der Waals surface area contributed by atoms with Crippen molar-refractivity contribution in [3.05, 3.63) is 69.3 Å². The van der Waals surface area contributed by atoms with E-state index >= 15 is 0 Å². The zero-order valence-corrected chi connectivity index (χ0v) is 19.9. The third kappa shape index (κ3) is 6.67. The summed E-state index contributed by atoms with van der Waals surface area (Å²) in [7, 11) is 0. The molecule has 2 rings (SSSR count). The van der Waals surface area contributed by atoms with E-state index < -0.39 is 0 Å². The molecular formula is C22H31Pr-. The summed E-state index contributed by atoms with van der Waals surface area (Å²) in [6, 6.07) is 11.7. The number of aryl methyl sites for hydroxylation is 5. The van der Waals surface area contributed by atoms with Crippen molar-refractivity contribution in [2.75, 3.05) is 0 Å². The van der Waals surface area contributed by atoms with E-state index in [9.17, 15) is 0 Å². The van der Waals surface area contributed by atoms with E-state index in [0.29, 0.717) is 5.92 Å². The molecule has 0 heterocycles. The van der Waals surface area contributed by atoms with E-state index in [1.165, 1.54) is 38.9 Å². The molecular weight excluding hydrogens is 405 g/mol. The van der Waals surface area contributed by atoms with Crippen LogP contribution in [0, 0.1) is 82.0 Å².